The first-order valence-electron chi connectivity index (χ1n) is 17.3. The summed E-state index contributed by atoms with van der Waals surface area (Å²) in [5.74, 6) is -2.83. The van der Waals surface area contributed by atoms with Gasteiger partial charge >= 0.3 is 13.3 Å². The van der Waals surface area contributed by atoms with Crippen molar-refractivity contribution in [2.45, 2.75) is 57.3 Å². The third-order valence-electron chi connectivity index (χ3n) is 9.00. The number of amides is 4. The van der Waals surface area contributed by atoms with E-state index >= 15 is 8.78 Å². The molecule has 0 aliphatic carbocycles. The Kier molecular flexibility index (Phi) is 11.2. The zero-order valence-corrected chi connectivity index (χ0v) is 30.7. The van der Waals surface area contributed by atoms with Gasteiger partial charge in [0.25, 0.3) is 5.91 Å². The summed E-state index contributed by atoms with van der Waals surface area (Å²) in [7, 11) is -5.35. The highest BCUT2D eigenvalue weighted by molar-refractivity contribution is 7.55. The van der Waals surface area contributed by atoms with Gasteiger partial charge in [-0.3, -0.25) is 24.1 Å². The maximum absolute atomic E-state index is 16.1. The van der Waals surface area contributed by atoms with Crippen LogP contribution in [0.2, 0.25) is 0 Å². The van der Waals surface area contributed by atoms with Gasteiger partial charge in [-0.25, -0.2) is 14.5 Å². The van der Waals surface area contributed by atoms with Gasteiger partial charge < -0.3 is 25.4 Å². The molecule has 0 spiro atoms. The first kappa shape index (κ1) is 38.5. The molecule has 4 N–H and O–H groups in total. The average molecular weight is 771 g/mol. The SMILES string of the molecule is C/C(=C\C(=O)NC1=CCc2cccc3c2N(C1=O)[C@H](C(=O)NC(C)CCC(N)=O)C3)c1ccc(C(F)(F)P(=O)(Oc2ccccn2)Oc2ccccn2)cc1. The number of halogens is 2. The molecule has 2 atom stereocenters. The van der Waals surface area contributed by atoms with E-state index in [2.05, 4.69) is 20.6 Å². The number of hydrogen-bond donors (Lipinski definition) is 3. The average Bonchev–Trinajstić information content (AvgIpc) is 3.50. The fourth-order valence-corrected chi connectivity index (χ4v) is 7.66. The summed E-state index contributed by atoms with van der Waals surface area (Å²) in [6, 6.07) is 17.5. The summed E-state index contributed by atoms with van der Waals surface area (Å²) < 4.78 is 56.5. The van der Waals surface area contributed by atoms with E-state index in [1.807, 2.05) is 18.2 Å². The summed E-state index contributed by atoms with van der Waals surface area (Å²) in [5.41, 5.74) is 3.31. The Morgan fingerprint density at radius 2 is 1.62 bits per heavy atom. The lowest BCUT2D eigenvalue weighted by Crippen LogP contribution is -2.51. The van der Waals surface area contributed by atoms with Gasteiger partial charge in [-0.15, -0.1) is 0 Å². The molecule has 0 saturated carbocycles. The highest BCUT2D eigenvalue weighted by atomic mass is 31.2. The van der Waals surface area contributed by atoms with Gasteiger partial charge in [0.15, 0.2) is 0 Å². The fourth-order valence-electron chi connectivity index (χ4n) is 6.22. The van der Waals surface area contributed by atoms with E-state index in [1.54, 1.807) is 19.9 Å². The van der Waals surface area contributed by atoms with E-state index in [4.69, 9.17) is 14.8 Å². The van der Waals surface area contributed by atoms with Crippen molar-refractivity contribution in [3.05, 3.63) is 131 Å². The van der Waals surface area contributed by atoms with E-state index in [0.717, 1.165) is 23.3 Å². The molecular formula is C39H37F2N6O7P. The topological polar surface area (TPSA) is 183 Å². The summed E-state index contributed by atoms with van der Waals surface area (Å²) in [6.07, 6.45) is 6.36. The van der Waals surface area contributed by atoms with E-state index in [0.29, 0.717) is 29.7 Å². The predicted octanol–water partition coefficient (Wildman–Crippen LogP) is 5.56. The minimum Gasteiger partial charge on any atom is -0.393 e. The molecule has 6 rings (SSSR count). The van der Waals surface area contributed by atoms with Gasteiger partial charge in [0.05, 0.1) is 5.69 Å². The standard InChI is InChI=1S/C39H37F2N6O7P/c1-24(26-13-16-29(17-14-26)39(40,41)55(52,53-34-10-3-5-20-43-34)54-35-11-4-6-21-44-35)22-33(49)46-30-18-15-27-8-7-9-28-23-31(47(36(27)28)38(30)51)37(50)45-25(2)12-19-32(42)48/h3-11,13-14,16-18,20-22,25,31H,12,15,19,23H2,1-2H3,(H2,42,48)(H,45,50)(H,46,49)/b24-22+/t25?,31-/m0/s1. The molecule has 55 heavy (non-hydrogen) atoms. The number of nitrogens with two attached hydrogens (primary N) is 1. The molecule has 0 fully saturated rings. The minimum atomic E-state index is -5.35. The van der Waals surface area contributed by atoms with Gasteiger partial charge in [0, 0.05) is 55.0 Å². The van der Waals surface area contributed by atoms with Crippen LogP contribution in [0, 0.1) is 0 Å². The van der Waals surface area contributed by atoms with Gasteiger partial charge in [-0.2, -0.15) is 8.78 Å². The number of para-hydroxylation sites is 1. The Bertz CT molecular complexity index is 2170. The second-order valence-electron chi connectivity index (χ2n) is 13.0. The van der Waals surface area contributed by atoms with Crippen LogP contribution in [0.5, 0.6) is 11.8 Å². The number of hydrogen-bond acceptors (Lipinski definition) is 9. The van der Waals surface area contributed by atoms with Crippen LogP contribution in [0.1, 0.15) is 48.9 Å². The maximum atomic E-state index is 16.1. The number of carbonyl (C=O) groups is 4. The molecule has 0 radical (unpaired) electrons. The molecule has 0 saturated heterocycles. The van der Waals surface area contributed by atoms with Gasteiger partial charge in [-0.05, 0) is 61.1 Å². The molecule has 4 amide bonds. The molecule has 16 heteroatoms. The molecular weight excluding hydrogens is 733 g/mol. The van der Waals surface area contributed by atoms with Gasteiger partial charge in [0.2, 0.25) is 29.5 Å². The molecule has 2 aromatic carbocycles. The predicted molar refractivity (Wildman–Crippen MR) is 199 cm³/mol. The minimum absolute atomic E-state index is 0.0377. The van der Waals surface area contributed by atoms with Crippen LogP contribution in [-0.2, 0) is 42.2 Å². The molecule has 2 aromatic heterocycles. The summed E-state index contributed by atoms with van der Waals surface area (Å²) in [6.45, 7) is 3.32. The number of primary amides is 1. The number of allylic oxidation sites excluding steroid dienone is 2. The van der Waals surface area contributed by atoms with Crippen LogP contribution in [0.4, 0.5) is 14.5 Å². The van der Waals surface area contributed by atoms with Crippen molar-refractivity contribution in [2.75, 3.05) is 4.90 Å². The van der Waals surface area contributed by atoms with Crippen LogP contribution in [0.25, 0.3) is 5.57 Å². The fraction of sp³-hybridized carbons (Fsp3) is 0.231. The van der Waals surface area contributed by atoms with Gasteiger partial charge in [-0.1, -0.05) is 60.7 Å². The highest BCUT2D eigenvalue weighted by Crippen LogP contribution is 2.65. The first-order chi connectivity index (χ1) is 26.3. The normalized spacial score (nSPS) is 16.0. The van der Waals surface area contributed by atoms with Crippen LogP contribution >= 0.6 is 7.60 Å². The molecule has 2 aliphatic rings. The van der Waals surface area contributed by atoms with E-state index < -0.39 is 48.5 Å². The number of aromatic nitrogens is 2. The van der Waals surface area contributed by atoms with Crippen LogP contribution < -0.4 is 30.3 Å². The van der Waals surface area contributed by atoms with E-state index in [9.17, 15) is 23.7 Å². The third kappa shape index (κ3) is 8.47. The molecule has 0 bridgehead atoms. The number of pyridine rings is 2. The Morgan fingerprint density at radius 3 is 2.22 bits per heavy atom. The van der Waals surface area contributed by atoms with E-state index in [-0.39, 0.29) is 36.3 Å². The summed E-state index contributed by atoms with van der Waals surface area (Å²) >= 11 is 0. The lowest BCUT2D eigenvalue weighted by Gasteiger charge is -2.27. The molecule has 4 aromatic rings. The number of carbonyl (C=O) groups excluding carboxylic acids is 4. The van der Waals surface area contributed by atoms with Crippen molar-refractivity contribution >= 4 is 42.5 Å². The number of nitrogens with one attached hydrogen (secondary N) is 2. The zero-order valence-electron chi connectivity index (χ0n) is 29.8. The zero-order chi connectivity index (χ0) is 39.3. The highest BCUT2D eigenvalue weighted by Gasteiger charge is 2.58. The second kappa shape index (κ2) is 16.0. The van der Waals surface area contributed by atoms with Crippen molar-refractivity contribution in [1.82, 2.24) is 20.6 Å². The number of rotatable bonds is 14. The molecule has 13 nitrogen and oxygen atoms in total. The van der Waals surface area contributed by atoms with Crippen molar-refractivity contribution < 1.29 is 41.6 Å². The van der Waals surface area contributed by atoms with Crippen LogP contribution in [-0.4, -0.2) is 45.7 Å². The Morgan fingerprint density at radius 1 is 0.982 bits per heavy atom. The summed E-state index contributed by atoms with van der Waals surface area (Å²) in [5, 5.41) is 5.50. The Balaban J connectivity index is 1.18. The Hall–Kier alpha value is -6.21. The third-order valence-corrected chi connectivity index (χ3v) is 10.8. The second-order valence-corrected chi connectivity index (χ2v) is 14.9. The number of benzene rings is 2. The van der Waals surface area contributed by atoms with Crippen LogP contribution in [0.3, 0.4) is 0 Å². The molecule has 284 valence electrons. The molecule has 1 unspecified atom stereocenters. The van der Waals surface area contributed by atoms with Crippen molar-refractivity contribution in [1.29, 1.82) is 0 Å². The smallest absolute Gasteiger partial charge is 0.393 e. The van der Waals surface area contributed by atoms with Crippen molar-refractivity contribution in [2.24, 2.45) is 5.73 Å². The molecule has 4 heterocycles. The Labute approximate surface area is 315 Å². The lowest BCUT2D eigenvalue weighted by molar-refractivity contribution is -0.126. The van der Waals surface area contributed by atoms with Gasteiger partial charge in [0.1, 0.15) is 11.7 Å². The largest absolute Gasteiger partial charge is 0.507 e. The first-order valence-corrected chi connectivity index (χ1v) is 18.8. The number of alkyl halides is 2. The summed E-state index contributed by atoms with van der Waals surface area (Å²) in [4.78, 5) is 61.1. The van der Waals surface area contributed by atoms with Crippen molar-refractivity contribution in [3.63, 3.8) is 0 Å². The van der Waals surface area contributed by atoms with E-state index in [1.165, 1.54) is 71.9 Å². The lowest BCUT2D eigenvalue weighted by atomic mass is 10.0. The quantitative estimate of drug-likeness (QED) is 0.109. The van der Waals surface area contributed by atoms with Crippen molar-refractivity contribution in [3.8, 4) is 11.8 Å². The molecule has 2 aliphatic heterocycles. The monoisotopic (exact) mass is 770 g/mol. The maximum Gasteiger partial charge on any atom is 0.507 e. The number of anilines is 1. The van der Waals surface area contributed by atoms with Crippen LogP contribution in [0.15, 0.2) is 109 Å². The number of nitrogens with zero attached hydrogens (tertiary/aromatic N) is 3.